The normalized spacial score (nSPS) is 10.0. The Morgan fingerprint density at radius 3 is 2.24 bits per heavy atom. The highest BCUT2D eigenvalue weighted by Gasteiger charge is 2.09. The lowest BCUT2D eigenvalue weighted by Crippen LogP contribution is -2.30. The number of ether oxygens (including phenoxy) is 1. The van der Waals surface area contributed by atoms with Gasteiger partial charge in [-0.3, -0.25) is 14.4 Å². The van der Waals surface area contributed by atoms with Crippen LogP contribution in [0.3, 0.4) is 0 Å². The smallest absolute Gasteiger partial charge is 0.325 e. The summed E-state index contributed by atoms with van der Waals surface area (Å²) in [6.07, 6.45) is 0. The molecule has 2 N–H and O–H groups in total. The summed E-state index contributed by atoms with van der Waals surface area (Å²) < 4.78 is 17.8. The third-order valence-electron chi connectivity index (χ3n) is 3.17. The zero-order chi connectivity index (χ0) is 18.2. The van der Waals surface area contributed by atoms with E-state index in [9.17, 15) is 18.8 Å². The molecule has 0 saturated heterocycles. The van der Waals surface area contributed by atoms with Crippen molar-refractivity contribution in [2.45, 2.75) is 13.5 Å². The number of esters is 1. The molecule has 0 radical (unpaired) electrons. The third kappa shape index (κ3) is 6.06. The molecule has 2 aromatic carbocycles. The zero-order valence-electron chi connectivity index (χ0n) is 13.5. The van der Waals surface area contributed by atoms with E-state index in [1.165, 1.54) is 43.3 Å². The number of benzene rings is 2. The van der Waals surface area contributed by atoms with E-state index in [4.69, 9.17) is 4.74 Å². The fourth-order valence-electron chi connectivity index (χ4n) is 1.96. The lowest BCUT2D eigenvalue weighted by Gasteiger charge is -2.07. The summed E-state index contributed by atoms with van der Waals surface area (Å²) in [5, 5.41) is 5.03. The Balaban J connectivity index is 1.77. The minimum absolute atomic E-state index is 0.000393. The molecule has 0 aliphatic carbocycles. The number of anilines is 1. The Morgan fingerprint density at radius 1 is 1.00 bits per heavy atom. The maximum atomic E-state index is 12.8. The monoisotopic (exact) mass is 344 g/mol. The van der Waals surface area contributed by atoms with Crippen LogP contribution in [-0.4, -0.2) is 24.3 Å². The summed E-state index contributed by atoms with van der Waals surface area (Å²) in [5.74, 6) is -1.62. The highest BCUT2D eigenvalue weighted by molar-refractivity contribution is 5.96. The Morgan fingerprint density at radius 2 is 1.64 bits per heavy atom. The van der Waals surface area contributed by atoms with Crippen LogP contribution in [0.5, 0.6) is 0 Å². The van der Waals surface area contributed by atoms with Crippen molar-refractivity contribution in [1.82, 2.24) is 5.32 Å². The Labute approximate surface area is 144 Å². The fraction of sp³-hybridized carbons (Fsp3) is 0.167. The quantitative estimate of drug-likeness (QED) is 0.787. The predicted octanol–water partition coefficient (Wildman–Crippen LogP) is 2.26. The van der Waals surface area contributed by atoms with Gasteiger partial charge < -0.3 is 15.4 Å². The van der Waals surface area contributed by atoms with Gasteiger partial charge in [0, 0.05) is 18.2 Å². The molecule has 25 heavy (non-hydrogen) atoms. The molecular weight excluding hydrogens is 327 g/mol. The van der Waals surface area contributed by atoms with Crippen molar-refractivity contribution < 1.29 is 23.5 Å². The molecule has 7 heteroatoms. The Hall–Kier alpha value is -3.22. The van der Waals surface area contributed by atoms with Crippen LogP contribution in [0.2, 0.25) is 0 Å². The van der Waals surface area contributed by atoms with Gasteiger partial charge in [0.15, 0.2) is 0 Å². The van der Waals surface area contributed by atoms with E-state index in [1.54, 1.807) is 12.1 Å². The molecule has 0 saturated carbocycles. The summed E-state index contributed by atoms with van der Waals surface area (Å²) in [4.78, 5) is 34.5. The zero-order valence-corrected chi connectivity index (χ0v) is 13.5. The Kier molecular flexibility index (Phi) is 6.22. The summed E-state index contributed by atoms with van der Waals surface area (Å²) in [5.41, 5.74) is 1.57. The maximum Gasteiger partial charge on any atom is 0.325 e. The average molecular weight is 344 g/mol. The summed E-state index contributed by atoms with van der Waals surface area (Å²) >= 11 is 0. The second-order valence-electron chi connectivity index (χ2n) is 5.23. The van der Waals surface area contributed by atoms with E-state index in [-0.39, 0.29) is 24.9 Å². The van der Waals surface area contributed by atoms with Crippen LogP contribution in [0, 0.1) is 5.82 Å². The van der Waals surface area contributed by atoms with Crippen LogP contribution < -0.4 is 10.6 Å². The molecule has 6 nitrogen and oxygen atoms in total. The van der Waals surface area contributed by atoms with Gasteiger partial charge >= 0.3 is 5.97 Å². The lowest BCUT2D eigenvalue weighted by molar-refractivity contribution is -0.143. The topological polar surface area (TPSA) is 84.5 Å². The molecule has 0 unspecified atom stereocenters. The molecule has 0 spiro atoms. The maximum absolute atomic E-state index is 12.8. The predicted molar refractivity (Wildman–Crippen MR) is 89.3 cm³/mol. The fourth-order valence-corrected chi connectivity index (χ4v) is 1.96. The van der Waals surface area contributed by atoms with Crippen LogP contribution in [0.4, 0.5) is 10.1 Å². The van der Waals surface area contributed by atoms with Gasteiger partial charge in [0.05, 0.1) is 0 Å². The first-order valence-electron chi connectivity index (χ1n) is 7.50. The van der Waals surface area contributed by atoms with E-state index in [0.717, 1.165) is 0 Å². The largest absolute Gasteiger partial charge is 0.460 e. The van der Waals surface area contributed by atoms with E-state index >= 15 is 0 Å². The molecule has 0 aromatic heterocycles. The molecule has 0 atom stereocenters. The molecule has 0 aliphatic heterocycles. The van der Waals surface area contributed by atoms with Crippen LogP contribution in [0.15, 0.2) is 48.5 Å². The third-order valence-corrected chi connectivity index (χ3v) is 3.17. The van der Waals surface area contributed by atoms with Gasteiger partial charge in [0.2, 0.25) is 5.91 Å². The van der Waals surface area contributed by atoms with E-state index in [1.807, 2.05) is 0 Å². The number of rotatable bonds is 6. The molecule has 130 valence electrons. The number of nitrogens with one attached hydrogen (secondary N) is 2. The van der Waals surface area contributed by atoms with Gasteiger partial charge in [0.25, 0.3) is 5.91 Å². The van der Waals surface area contributed by atoms with E-state index in [2.05, 4.69) is 10.6 Å². The molecular formula is C18H17FN2O4. The van der Waals surface area contributed by atoms with Gasteiger partial charge in [-0.15, -0.1) is 0 Å². The van der Waals surface area contributed by atoms with Crippen molar-refractivity contribution in [3.05, 3.63) is 65.5 Å². The summed E-state index contributed by atoms with van der Waals surface area (Å²) in [6.45, 7) is 1.10. The summed E-state index contributed by atoms with van der Waals surface area (Å²) in [7, 11) is 0. The second kappa shape index (κ2) is 8.58. The van der Waals surface area contributed by atoms with Crippen molar-refractivity contribution in [1.29, 1.82) is 0 Å². The van der Waals surface area contributed by atoms with Gasteiger partial charge in [-0.1, -0.05) is 12.1 Å². The van der Waals surface area contributed by atoms with Crippen LogP contribution in [0.25, 0.3) is 0 Å². The molecule has 2 aromatic rings. The minimum atomic E-state index is -0.604. The molecule has 2 rings (SSSR count). The number of carbonyl (C=O) groups excluding carboxylic acids is 3. The highest BCUT2D eigenvalue weighted by Crippen LogP contribution is 2.09. The van der Waals surface area contributed by atoms with Crippen molar-refractivity contribution in [3.63, 3.8) is 0 Å². The van der Waals surface area contributed by atoms with Crippen LogP contribution in [-0.2, 0) is 20.9 Å². The Bertz CT molecular complexity index is 758. The van der Waals surface area contributed by atoms with Gasteiger partial charge in [-0.25, -0.2) is 4.39 Å². The van der Waals surface area contributed by atoms with Crippen molar-refractivity contribution in [2.24, 2.45) is 0 Å². The van der Waals surface area contributed by atoms with Crippen molar-refractivity contribution in [2.75, 3.05) is 11.9 Å². The van der Waals surface area contributed by atoms with Gasteiger partial charge in [-0.2, -0.15) is 0 Å². The molecule has 0 heterocycles. The van der Waals surface area contributed by atoms with Crippen LogP contribution >= 0.6 is 0 Å². The number of hydrogen-bond donors (Lipinski definition) is 2. The summed E-state index contributed by atoms with van der Waals surface area (Å²) in [6, 6.07) is 11.8. The SMILES string of the molecule is CC(=O)Nc1ccc(C(=O)NCC(=O)OCc2ccc(F)cc2)cc1. The van der Waals surface area contributed by atoms with Crippen molar-refractivity contribution in [3.8, 4) is 0 Å². The molecule has 0 aliphatic rings. The second-order valence-corrected chi connectivity index (χ2v) is 5.23. The first-order chi connectivity index (χ1) is 11.9. The first-order valence-corrected chi connectivity index (χ1v) is 7.50. The highest BCUT2D eigenvalue weighted by atomic mass is 19.1. The molecule has 0 bridgehead atoms. The average Bonchev–Trinajstić information content (AvgIpc) is 2.59. The molecule has 0 fully saturated rings. The molecule has 2 amide bonds. The first kappa shape index (κ1) is 18.1. The number of hydrogen-bond acceptors (Lipinski definition) is 4. The number of halogens is 1. The number of carbonyl (C=O) groups is 3. The van der Waals surface area contributed by atoms with Crippen molar-refractivity contribution >= 4 is 23.5 Å². The number of amides is 2. The van der Waals surface area contributed by atoms with Gasteiger partial charge in [-0.05, 0) is 42.0 Å². The van der Waals surface area contributed by atoms with E-state index < -0.39 is 11.9 Å². The van der Waals surface area contributed by atoms with E-state index in [0.29, 0.717) is 16.8 Å². The minimum Gasteiger partial charge on any atom is -0.460 e. The lowest BCUT2D eigenvalue weighted by atomic mass is 10.2. The van der Waals surface area contributed by atoms with Gasteiger partial charge in [0.1, 0.15) is 19.0 Å². The standard InChI is InChI=1S/C18H17FN2O4/c1-12(22)21-16-8-4-14(5-9-16)18(24)20-10-17(23)25-11-13-2-6-15(19)7-3-13/h2-9H,10-11H2,1H3,(H,20,24)(H,21,22). The van der Waals surface area contributed by atoms with Crippen LogP contribution in [0.1, 0.15) is 22.8 Å².